The van der Waals surface area contributed by atoms with Gasteiger partial charge in [0, 0.05) is 12.5 Å². The highest BCUT2D eigenvalue weighted by Gasteiger charge is 2.31. The van der Waals surface area contributed by atoms with Crippen molar-refractivity contribution in [3.63, 3.8) is 0 Å². The van der Waals surface area contributed by atoms with Gasteiger partial charge in [-0.05, 0) is 43.7 Å². The lowest BCUT2D eigenvalue weighted by molar-refractivity contribution is -0.135. The zero-order valence-corrected chi connectivity index (χ0v) is 10.9. The molecule has 1 aliphatic carbocycles. The molecule has 4 heteroatoms. The Morgan fingerprint density at radius 2 is 1.79 bits per heavy atom. The van der Waals surface area contributed by atoms with E-state index in [0.29, 0.717) is 24.9 Å². The second kappa shape index (κ2) is 6.42. The minimum Gasteiger partial charge on any atom is -0.310 e. The largest absolute Gasteiger partial charge is 0.389 e. The van der Waals surface area contributed by atoms with Crippen molar-refractivity contribution in [2.24, 2.45) is 5.92 Å². The molecule has 0 aromatic heterocycles. The maximum Gasteiger partial charge on any atom is 0.389 e. The van der Waals surface area contributed by atoms with Gasteiger partial charge < -0.3 is 5.32 Å². The Bertz CT molecular complexity index is 371. The Kier molecular flexibility index (Phi) is 4.86. The molecule has 106 valence electrons. The van der Waals surface area contributed by atoms with Gasteiger partial charge in [0.15, 0.2) is 0 Å². The molecule has 0 spiro atoms. The Hall–Kier alpha value is -1.03. The summed E-state index contributed by atoms with van der Waals surface area (Å²) < 4.78 is 36.1. The van der Waals surface area contributed by atoms with Crippen LogP contribution in [0, 0.1) is 5.92 Å². The van der Waals surface area contributed by atoms with Crippen LogP contribution in [-0.2, 0) is 0 Å². The minimum absolute atomic E-state index is 0.211. The predicted molar refractivity (Wildman–Crippen MR) is 69.8 cm³/mol. The van der Waals surface area contributed by atoms with Gasteiger partial charge in [0.05, 0.1) is 0 Å². The zero-order chi connectivity index (χ0) is 13.7. The maximum atomic E-state index is 12.0. The summed E-state index contributed by atoms with van der Waals surface area (Å²) in [4.78, 5) is 0. The molecule has 1 atom stereocenters. The van der Waals surface area contributed by atoms with Crippen molar-refractivity contribution >= 4 is 0 Å². The summed E-state index contributed by atoms with van der Waals surface area (Å²) >= 11 is 0. The molecule has 1 fully saturated rings. The van der Waals surface area contributed by atoms with E-state index >= 15 is 0 Å². The highest BCUT2D eigenvalue weighted by Crippen LogP contribution is 2.40. The van der Waals surface area contributed by atoms with Gasteiger partial charge in [-0.25, -0.2) is 0 Å². The van der Waals surface area contributed by atoms with Crippen LogP contribution >= 0.6 is 0 Å². The van der Waals surface area contributed by atoms with E-state index in [4.69, 9.17) is 0 Å². The van der Waals surface area contributed by atoms with E-state index in [-0.39, 0.29) is 6.42 Å². The maximum absolute atomic E-state index is 12.0. The first-order valence-electron chi connectivity index (χ1n) is 6.91. The van der Waals surface area contributed by atoms with Crippen LogP contribution < -0.4 is 5.32 Å². The minimum atomic E-state index is -4.02. The van der Waals surface area contributed by atoms with E-state index < -0.39 is 12.6 Å². The van der Waals surface area contributed by atoms with Crippen molar-refractivity contribution in [3.8, 4) is 0 Å². The Balaban J connectivity index is 1.73. The number of halogens is 3. The number of hydrogen-bond donors (Lipinski definition) is 1. The highest BCUT2D eigenvalue weighted by molar-refractivity contribution is 5.21. The van der Waals surface area contributed by atoms with Crippen molar-refractivity contribution in [1.29, 1.82) is 0 Å². The van der Waals surface area contributed by atoms with Gasteiger partial charge in [-0.3, -0.25) is 0 Å². The Morgan fingerprint density at radius 1 is 1.11 bits per heavy atom. The lowest BCUT2D eigenvalue weighted by Crippen LogP contribution is -2.24. The number of rotatable bonds is 7. The summed E-state index contributed by atoms with van der Waals surface area (Å²) in [6, 6.07) is 10.5. The Morgan fingerprint density at radius 3 is 2.37 bits per heavy atom. The standard InChI is InChI=1S/C15H20F3N/c16-15(17,18)10-4-5-11-19-14(13-8-9-13)12-6-2-1-3-7-12/h1-3,6-7,13-14,19H,4-5,8-11H2. The van der Waals surface area contributed by atoms with Crippen LogP contribution in [-0.4, -0.2) is 12.7 Å². The van der Waals surface area contributed by atoms with Crippen LogP contribution in [0.25, 0.3) is 0 Å². The molecular weight excluding hydrogens is 251 g/mol. The van der Waals surface area contributed by atoms with Gasteiger partial charge in [0.1, 0.15) is 0 Å². The molecule has 0 aliphatic heterocycles. The molecule has 0 bridgehead atoms. The molecule has 1 aromatic carbocycles. The smallest absolute Gasteiger partial charge is 0.310 e. The summed E-state index contributed by atoms with van der Waals surface area (Å²) in [5, 5.41) is 3.42. The van der Waals surface area contributed by atoms with Gasteiger partial charge in [-0.15, -0.1) is 0 Å². The fourth-order valence-electron chi connectivity index (χ4n) is 2.35. The highest BCUT2D eigenvalue weighted by atomic mass is 19.4. The van der Waals surface area contributed by atoms with Crippen LogP contribution in [0.1, 0.15) is 43.7 Å². The van der Waals surface area contributed by atoms with Crippen LogP contribution in [0.4, 0.5) is 13.2 Å². The molecule has 0 radical (unpaired) electrons. The van der Waals surface area contributed by atoms with E-state index in [1.165, 1.54) is 18.4 Å². The fourth-order valence-corrected chi connectivity index (χ4v) is 2.35. The number of benzene rings is 1. The average Bonchev–Trinajstić information content (AvgIpc) is 3.18. The molecule has 2 rings (SSSR count). The summed E-state index contributed by atoms with van der Waals surface area (Å²) in [5.74, 6) is 0.657. The molecule has 0 amide bonds. The third kappa shape index (κ3) is 5.23. The van der Waals surface area contributed by atoms with Gasteiger partial charge >= 0.3 is 6.18 Å². The number of alkyl halides is 3. The SMILES string of the molecule is FC(F)(F)CCCCNC(c1ccccc1)C1CC1. The summed E-state index contributed by atoms with van der Waals surface area (Å²) in [6.07, 6.45) is -1.47. The first-order chi connectivity index (χ1) is 9.06. The number of nitrogens with one attached hydrogen (secondary N) is 1. The van der Waals surface area contributed by atoms with Crippen LogP contribution in [0.2, 0.25) is 0 Å². The topological polar surface area (TPSA) is 12.0 Å². The molecular formula is C15H20F3N. The average molecular weight is 271 g/mol. The Labute approximate surface area is 112 Å². The quantitative estimate of drug-likeness (QED) is 0.722. The normalized spacial score (nSPS) is 17.4. The predicted octanol–water partition coefficient (Wildman–Crippen LogP) is 4.46. The molecule has 1 N–H and O–H groups in total. The van der Waals surface area contributed by atoms with Crippen LogP contribution in [0.5, 0.6) is 0 Å². The molecule has 1 aliphatic rings. The van der Waals surface area contributed by atoms with Crippen molar-refractivity contribution in [2.75, 3.05) is 6.54 Å². The van der Waals surface area contributed by atoms with Gasteiger partial charge in [-0.2, -0.15) is 13.2 Å². The van der Waals surface area contributed by atoms with Gasteiger partial charge in [-0.1, -0.05) is 30.3 Å². The third-order valence-electron chi connectivity index (χ3n) is 3.50. The molecule has 1 unspecified atom stereocenters. The van der Waals surface area contributed by atoms with Crippen molar-refractivity contribution in [3.05, 3.63) is 35.9 Å². The summed E-state index contributed by atoms with van der Waals surface area (Å²) in [7, 11) is 0. The summed E-state index contributed by atoms with van der Waals surface area (Å²) in [6.45, 7) is 0.659. The van der Waals surface area contributed by atoms with E-state index in [0.717, 1.165) is 0 Å². The second-order valence-corrected chi connectivity index (χ2v) is 5.25. The van der Waals surface area contributed by atoms with Gasteiger partial charge in [0.2, 0.25) is 0 Å². The lowest BCUT2D eigenvalue weighted by atomic mass is 10.0. The van der Waals surface area contributed by atoms with Crippen molar-refractivity contribution in [2.45, 2.75) is 44.3 Å². The summed E-state index contributed by atoms with van der Waals surface area (Å²) in [5.41, 5.74) is 1.25. The second-order valence-electron chi connectivity index (χ2n) is 5.25. The lowest BCUT2D eigenvalue weighted by Gasteiger charge is -2.19. The monoisotopic (exact) mass is 271 g/mol. The van der Waals surface area contributed by atoms with E-state index in [1.54, 1.807) is 0 Å². The fraction of sp³-hybridized carbons (Fsp3) is 0.600. The first-order valence-corrected chi connectivity index (χ1v) is 6.91. The molecule has 0 heterocycles. The molecule has 19 heavy (non-hydrogen) atoms. The van der Waals surface area contributed by atoms with Crippen molar-refractivity contribution in [1.82, 2.24) is 5.32 Å². The van der Waals surface area contributed by atoms with Crippen LogP contribution in [0.15, 0.2) is 30.3 Å². The third-order valence-corrected chi connectivity index (χ3v) is 3.50. The molecule has 1 aromatic rings. The van der Waals surface area contributed by atoms with Crippen LogP contribution in [0.3, 0.4) is 0 Å². The van der Waals surface area contributed by atoms with E-state index in [2.05, 4.69) is 17.4 Å². The van der Waals surface area contributed by atoms with E-state index in [9.17, 15) is 13.2 Å². The van der Waals surface area contributed by atoms with E-state index in [1.807, 2.05) is 18.2 Å². The molecule has 1 nitrogen and oxygen atoms in total. The molecule has 0 saturated heterocycles. The number of unbranched alkanes of at least 4 members (excludes halogenated alkanes) is 1. The first kappa shape index (κ1) is 14.4. The number of hydrogen-bond acceptors (Lipinski definition) is 1. The van der Waals surface area contributed by atoms with Crippen molar-refractivity contribution < 1.29 is 13.2 Å². The van der Waals surface area contributed by atoms with Gasteiger partial charge in [0.25, 0.3) is 0 Å². The zero-order valence-electron chi connectivity index (χ0n) is 10.9. The molecule has 1 saturated carbocycles.